The van der Waals surface area contributed by atoms with Crippen molar-refractivity contribution in [3.8, 4) is 0 Å². The molecule has 0 aliphatic heterocycles. The average Bonchev–Trinajstić information content (AvgIpc) is 3.35. The molecule has 1 unspecified atom stereocenters. The summed E-state index contributed by atoms with van der Waals surface area (Å²) < 4.78 is 32.5. The van der Waals surface area contributed by atoms with E-state index in [2.05, 4.69) is 26.0 Å². The minimum absolute atomic E-state index is 0.0163. The predicted octanol–water partition coefficient (Wildman–Crippen LogP) is 2.21. The van der Waals surface area contributed by atoms with Crippen LogP contribution in [0.5, 0.6) is 0 Å². The first-order chi connectivity index (χ1) is 12.1. The Bertz CT molecular complexity index is 790. The molecule has 2 rings (SSSR count). The summed E-state index contributed by atoms with van der Waals surface area (Å²) in [5.41, 5.74) is 0.0494. The zero-order valence-corrected chi connectivity index (χ0v) is 17.3. The summed E-state index contributed by atoms with van der Waals surface area (Å²) in [7, 11) is -3.68. The lowest BCUT2D eigenvalue weighted by atomic mass is 10.1. The van der Waals surface area contributed by atoms with E-state index in [4.69, 9.17) is 4.74 Å². The second-order valence-corrected chi connectivity index (χ2v) is 9.28. The largest absolute Gasteiger partial charge is 0.452 e. The highest BCUT2D eigenvalue weighted by molar-refractivity contribution is 9.10. The van der Waals surface area contributed by atoms with Crippen molar-refractivity contribution in [1.29, 1.82) is 0 Å². The molecular weight excluding hydrogens is 424 g/mol. The Labute approximate surface area is 162 Å². The number of carbonyl (C=O) groups is 2. The second kappa shape index (κ2) is 8.49. The second-order valence-electron chi connectivity index (χ2n) is 6.71. The molecule has 1 aromatic rings. The zero-order chi connectivity index (χ0) is 19.5. The first-order valence-corrected chi connectivity index (χ1v) is 10.7. The van der Waals surface area contributed by atoms with Gasteiger partial charge < -0.3 is 10.1 Å². The molecule has 1 aliphatic carbocycles. The monoisotopic (exact) mass is 446 g/mol. The summed E-state index contributed by atoms with van der Waals surface area (Å²) in [6.07, 6.45) is 1.63. The highest BCUT2D eigenvalue weighted by Gasteiger charge is 2.29. The van der Waals surface area contributed by atoms with Crippen LogP contribution < -0.4 is 10.0 Å². The van der Waals surface area contributed by atoms with Crippen molar-refractivity contribution < 1.29 is 22.7 Å². The van der Waals surface area contributed by atoms with E-state index >= 15 is 0 Å². The fourth-order valence-electron chi connectivity index (χ4n) is 1.99. The van der Waals surface area contributed by atoms with Gasteiger partial charge in [0.1, 0.15) is 0 Å². The molecule has 0 heterocycles. The number of nitrogens with one attached hydrogen (secondary N) is 2. The SMILES string of the molecule is CC(C)C(C)NC(=O)COC(=O)c1cc(S(=O)(=O)NC2CC2)ccc1Br. The van der Waals surface area contributed by atoms with Crippen LogP contribution in [0.15, 0.2) is 27.6 Å². The van der Waals surface area contributed by atoms with E-state index in [0.29, 0.717) is 4.47 Å². The normalized spacial score (nSPS) is 15.6. The maximum atomic E-state index is 12.3. The highest BCUT2D eigenvalue weighted by atomic mass is 79.9. The van der Waals surface area contributed by atoms with E-state index < -0.39 is 28.5 Å². The number of hydrogen-bond donors (Lipinski definition) is 2. The lowest BCUT2D eigenvalue weighted by Crippen LogP contribution is -2.38. The van der Waals surface area contributed by atoms with Gasteiger partial charge in [0.25, 0.3) is 5.91 Å². The number of sulfonamides is 1. The van der Waals surface area contributed by atoms with E-state index in [9.17, 15) is 18.0 Å². The first-order valence-electron chi connectivity index (χ1n) is 8.38. The molecule has 26 heavy (non-hydrogen) atoms. The fourth-order valence-corrected chi connectivity index (χ4v) is 3.73. The van der Waals surface area contributed by atoms with Gasteiger partial charge in [0.2, 0.25) is 10.0 Å². The van der Waals surface area contributed by atoms with Crippen LogP contribution in [0.3, 0.4) is 0 Å². The van der Waals surface area contributed by atoms with Crippen molar-refractivity contribution in [1.82, 2.24) is 10.0 Å². The van der Waals surface area contributed by atoms with Crippen LogP contribution in [0.25, 0.3) is 0 Å². The van der Waals surface area contributed by atoms with Crippen LogP contribution in [-0.4, -0.2) is 39.0 Å². The molecule has 1 atom stereocenters. The molecule has 0 bridgehead atoms. The lowest BCUT2D eigenvalue weighted by molar-refractivity contribution is -0.125. The van der Waals surface area contributed by atoms with Gasteiger partial charge in [0, 0.05) is 16.6 Å². The van der Waals surface area contributed by atoms with Crippen LogP contribution in [-0.2, 0) is 19.6 Å². The average molecular weight is 447 g/mol. The van der Waals surface area contributed by atoms with E-state index in [1.165, 1.54) is 18.2 Å². The molecule has 1 aromatic carbocycles. The molecule has 0 aromatic heterocycles. The summed E-state index contributed by atoms with van der Waals surface area (Å²) in [6, 6.07) is 4.04. The Morgan fingerprint density at radius 2 is 1.92 bits per heavy atom. The van der Waals surface area contributed by atoms with E-state index in [-0.39, 0.29) is 28.5 Å². The number of benzene rings is 1. The van der Waals surface area contributed by atoms with Gasteiger partial charge in [-0.1, -0.05) is 13.8 Å². The van der Waals surface area contributed by atoms with Crippen molar-refractivity contribution in [3.05, 3.63) is 28.2 Å². The Morgan fingerprint density at radius 1 is 1.27 bits per heavy atom. The third-order valence-corrected chi connectivity index (χ3v) is 6.30. The summed E-state index contributed by atoms with van der Waals surface area (Å²) in [5.74, 6) is -0.924. The molecule has 9 heteroatoms. The van der Waals surface area contributed by atoms with Gasteiger partial charge in [-0.3, -0.25) is 4.79 Å². The summed E-state index contributed by atoms with van der Waals surface area (Å²) >= 11 is 3.21. The van der Waals surface area contributed by atoms with Crippen molar-refractivity contribution in [2.24, 2.45) is 5.92 Å². The molecule has 1 aliphatic rings. The fraction of sp³-hybridized carbons (Fsp3) is 0.529. The number of hydrogen-bond acceptors (Lipinski definition) is 5. The van der Waals surface area contributed by atoms with Crippen molar-refractivity contribution in [3.63, 3.8) is 0 Å². The number of rotatable bonds is 8. The van der Waals surface area contributed by atoms with E-state index in [1.807, 2.05) is 20.8 Å². The van der Waals surface area contributed by atoms with Gasteiger partial charge in [0.05, 0.1) is 10.5 Å². The van der Waals surface area contributed by atoms with Gasteiger partial charge in [-0.25, -0.2) is 17.9 Å². The Balaban J connectivity index is 2.04. The van der Waals surface area contributed by atoms with Crippen LogP contribution >= 0.6 is 15.9 Å². The molecule has 1 amide bonds. The Kier molecular flexibility index (Phi) is 6.81. The number of ether oxygens (including phenoxy) is 1. The van der Waals surface area contributed by atoms with Gasteiger partial charge in [-0.2, -0.15) is 0 Å². The molecule has 0 radical (unpaired) electrons. The predicted molar refractivity (Wildman–Crippen MR) is 100 cm³/mol. The highest BCUT2D eigenvalue weighted by Crippen LogP contribution is 2.25. The third-order valence-electron chi connectivity index (χ3n) is 4.09. The number of halogens is 1. The number of esters is 1. The van der Waals surface area contributed by atoms with Gasteiger partial charge in [-0.05, 0) is 59.8 Å². The molecule has 1 saturated carbocycles. The minimum Gasteiger partial charge on any atom is -0.452 e. The molecule has 144 valence electrons. The minimum atomic E-state index is -3.68. The Hall–Kier alpha value is -1.45. The van der Waals surface area contributed by atoms with Crippen LogP contribution in [0.1, 0.15) is 44.0 Å². The summed E-state index contributed by atoms with van der Waals surface area (Å²) in [4.78, 5) is 24.1. The summed E-state index contributed by atoms with van der Waals surface area (Å²) in [6.45, 7) is 5.37. The molecule has 7 nitrogen and oxygen atoms in total. The lowest BCUT2D eigenvalue weighted by Gasteiger charge is -2.17. The van der Waals surface area contributed by atoms with Crippen LogP contribution in [0, 0.1) is 5.92 Å². The van der Waals surface area contributed by atoms with Crippen molar-refractivity contribution in [2.75, 3.05) is 6.61 Å². The zero-order valence-electron chi connectivity index (χ0n) is 14.9. The van der Waals surface area contributed by atoms with E-state index in [0.717, 1.165) is 12.8 Å². The van der Waals surface area contributed by atoms with E-state index in [1.54, 1.807) is 0 Å². The van der Waals surface area contributed by atoms with Gasteiger partial charge in [0.15, 0.2) is 6.61 Å². The molecular formula is C17H23BrN2O5S. The standard InChI is InChI=1S/C17H23BrN2O5S/c1-10(2)11(3)19-16(21)9-25-17(22)14-8-13(6-7-15(14)18)26(23,24)20-12-4-5-12/h6-8,10-12,20H,4-5,9H2,1-3H3,(H,19,21). The number of amides is 1. The molecule has 2 N–H and O–H groups in total. The Morgan fingerprint density at radius 3 is 2.50 bits per heavy atom. The van der Waals surface area contributed by atoms with Gasteiger partial charge in [-0.15, -0.1) is 0 Å². The maximum absolute atomic E-state index is 12.3. The molecule has 0 saturated heterocycles. The third kappa shape index (κ3) is 5.78. The first kappa shape index (κ1) is 20.9. The number of carbonyl (C=O) groups excluding carboxylic acids is 2. The van der Waals surface area contributed by atoms with Crippen LogP contribution in [0.2, 0.25) is 0 Å². The topological polar surface area (TPSA) is 102 Å². The molecule has 1 fully saturated rings. The smallest absolute Gasteiger partial charge is 0.339 e. The molecule has 0 spiro atoms. The van der Waals surface area contributed by atoms with Crippen molar-refractivity contribution in [2.45, 2.75) is 50.6 Å². The van der Waals surface area contributed by atoms with Gasteiger partial charge >= 0.3 is 5.97 Å². The maximum Gasteiger partial charge on any atom is 0.339 e. The summed E-state index contributed by atoms with van der Waals surface area (Å²) in [5, 5.41) is 2.73. The quantitative estimate of drug-likeness (QED) is 0.595. The van der Waals surface area contributed by atoms with Crippen molar-refractivity contribution >= 4 is 37.8 Å². The van der Waals surface area contributed by atoms with Crippen LogP contribution in [0.4, 0.5) is 0 Å².